The maximum atomic E-state index is 10.8. The van der Waals surface area contributed by atoms with Gasteiger partial charge in [-0.1, -0.05) is 0 Å². The average molecular weight is 303 g/mol. The molecule has 0 amide bonds. The van der Waals surface area contributed by atoms with Crippen LogP contribution in [0.3, 0.4) is 0 Å². The third kappa shape index (κ3) is 3.51. The van der Waals surface area contributed by atoms with Crippen LogP contribution in [0, 0.1) is 27.2 Å². The van der Waals surface area contributed by atoms with Crippen molar-refractivity contribution in [1.29, 1.82) is 0 Å². The van der Waals surface area contributed by atoms with E-state index >= 15 is 0 Å². The third-order valence-corrected chi connectivity index (χ3v) is 3.02. The Bertz CT molecular complexity index is 721. The van der Waals surface area contributed by atoms with Gasteiger partial charge in [-0.25, -0.2) is 9.55 Å². The fourth-order valence-electron chi connectivity index (χ4n) is 1.89. The number of nitro benzene ring substituents is 1. The zero-order chi connectivity index (χ0) is 16.1. The van der Waals surface area contributed by atoms with Crippen LogP contribution in [-0.4, -0.2) is 32.2 Å². The van der Waals surface area contributed by atoms with Gasteiger partial charge in [0.2, 0.25) is 0 Å². The molecule has 0 atom stereocenters. The molecule has 9 heteroatoms. The number of rotatable bonds is 6. The monoisotopic (exact) mass is 303 g/mol. The lowest BCUT2D eigenvalue weighted by Gasteiger charge is -2.00. The van der Waals surface area contributed by atoms with E-state index < -0.39 is 9.85 Å². The molecule has 0 radical (unpaired) electrons. The minimum absolute atomic E-state index is 0.0156. The molecule has 1 aromatic carbocycles. The van der Waals surface area contributed by atoms with Gasteiger partial charge in [0.25, 0.3) is 5.69 Å². The number of imidazole rings is 1. The fourth-order valence-corrected chi connectivity index (χ4v) is 1.89. The summed E-state index contributed by atoms with van der Waals surface area (Å²) in [6.07, 6.45) is 2.79. The summed E-state index contributed by atoms with van der Waals surface area (Å²) in [6, 6.07) is 5.97. The molecule has 114 valence electrons. The molecular weight excluding hydrogens is 290 g/mol. The van der Waals surface area contributed by atoms with Crippen molar-refractivity contribution in [3.63, 3.8) is 0 Å². The molecule has 2 aromatic rings. The van der Waals surface area contributed by atoms with Crippen LogP contribution < -0.4 is 0 Å². The molecule has 22 heavy (non-hydrogen) atoms. The molecule has 0 saturated carbocycles. The van der Waals surface area contributed by atoms with Crippen LogP contribution in [0.2, 0.25) is 0 Å². The van der Waals surface area contributed by atoms with Gasteiger partial charge >= 0.3 is 5.82 Å². The van der Waals surface area contributed by atoms with Crippen molar-refractivity contribution in [3.05, 3.63) is 62.1 Å². The zero-order valence-corrected chi connectivity index (χ0v) is 11.7. The van der Waals surface area contributed by atoms with Crippen LogP contribution in [0.15, 0.2) is 35.5 Å². The summed E-state index contributed by atoms with van der Waals surface area (Å²) in [6.45, 7) is 2.37. The number of aliphatic imine (C=N–C) groups is 1. The second kappa shape index (κ2) is 6.57. The number of benzene rings is 1. The second-order valence-electron chi connectivity index (χ2n) is 4.46. The van der Waals surface area contributed by atoms with Gasteiger partial charge in [-0.2, -0.15) is 0 Å². The van der Waals surface area contributed by atoms with Crippen LogP contribution in [0.25, 0.3) is 0 Å². The maximum Gasteiger partial charge on any atom is 0.342 e. The summed E-state index contributed by atoms with van der Waals surface area (Å²) in [4.78, 5) is 28.5. The predicted octanol–water partition coefficient (Wildman–Crippen LogP) is 2.13. The summed E-state index contributed by atoms with van der Waals surface area (Å²) in [5, 5.41) is 21.4. The summed E-state index contributed by atoms with van der Waals surface area (Å²) in [5.74, 6) is 0.486. The van der Waals surface area contributed by atoms with Crippen molar-refractivity contribution >= 4 is 17.7 Å². The number of hydrogen-bond donors (Lipinski definition) is 0. The van der Waals surface area contributed by atoms with Crippen molar-refractivity contribution in [3.8, 4) is 0 Å². The highest BCUT2D eigenvalue weighted by molar-refractivity contribution is 5.79. The standard InChI is InChI=1S/C13H13N5O4/c1-10-15-9-13(18(21)22)16(10)7-6-14-8-11-2-4-12(5-3-11)17(19)20/h2-5,8-9H,6-7H2,1H3. The molecule has 0 aliphatic heterocycles. The van der Waals surface area contributed by atoms with Crippen LogP contribution in [0.1, 0.15) is 11.4 Å². The van der Waals surface area contributed by atoms with Crippen molar-refractivity contribution < 1.29 is 9.85 Å². The number of non-ortho nitro benzene ring substituents is 1. The van der Waals surface area contributed by atoms with E-state index in [4.69, 9.17) is 0 Å². The lowest BCUT2D eigenvalue weighted by Crippen LogP contribution is -2.07. The Kier molecular flexibility index (Phi) is 4.57. The van der Waals surface area contributed by atoms with Crippen molar-refractivity contribution in [2.24, 2.45) is 4.99 Å². The first-order valence-corrected chi connectivity index (χ1v) is 6.40. The number of nitrogens with zero attached hydrogens (tertiary/aromatic N) is 5. The quantitative estimate of drug-likeness (QED) is 0.460. The number of hydrogen-bond acceptors (Lipinski definition) is 6. The maximum absolute atomic E-state index is 10.8. The van der Waals surface area contributed by atoms with Crippen molar-refractivity contribution in [2.45, 2.75) is 13.5 Å². The van der Waals surface area contributed by atoms with E-state index in [1.165, 1.54) is 22.9 Å². The van der Waals surface area contributed by atoms with Gasteiger partial charge in [0.1, 0.15) is 12.7 Å². The van der Waals surface area contributed by atoms with E-state index in [1.54, 1.807) is 25.3 Å². The minimum atomic E-state index is -0.486. The van der Waals surface area contributed by atoms with Crippen molar-refractivity contribution in [1.82, 2.24) is 9.55 Å². The van der Waals surface area contributed by atoms with Gasteiger partial charge in [-0.05, 0) is 22.6 Å². The van der Waals surface area contributed by atoms with Crippen LogP contribution in [-0.2, 0) is 6.54 Å². The molecule has 1 aromatic heterocycles. The molecule has 0 unspecified atom stereocenters. The Balaban J connectivity index is 1.97. The largest absolute Gasteiger partial charge is 0.358 e. The van der Waals surface area contributed by atoms with Gasteiger partial charge in [0.05, 0.1) is 11.5 Å². The fraction of sp³-hybridized carbons (Fsp3) is 0.231. The smallest absolute Gasteiger partial charge is 0.342 e. The van der Waals surface area contributed by atoms with Gasteiger partial charge in [0.15, 0.2) is 5.82 Å². The lowest BCUT2D eigenvalue weighted by atomic mass is 10.2. The molecule has 0 N–H and O–H groups in total. The van der Waals surface area contributed by atoms with E-state index in [0.717, 1.165) is 5.56 Å². The van der Waals surface area contributed by atoms with E-state index in [-0.39, 0.29) is 11.5 Å². The summed E-state index contributed by atoms with van der Waals surface area (Å²) in [7, 11) is 0. The van der Waals surface area contributed by atoms with E-state index in [0.29, 0.717) is 18.9 Å². The highest BCUT2D eigenvalue weighted by Crippen LogP contribution is 2.13. The molecule has 0 aliphatic rings. The molecule has 0 bridgehead atoms. The Hall–Kier alpha value is -3.10. The lowest BCUT2D eigenvalue weighted by molar-refractivity contribution is -0.392. The molecule has 1 heterocycles. The topological polar surface area (TPSA) is 116 Å². The summed E-state index contributed by atoms with van der Waals surface area (Å²) in [5.41, 5.74) is 0.740. The zero-order valence-electron chi connectivity index (χ0n) is 11.7. The molecule has 0 saturated heterocycles. The predicted molar refractivity (Wildman–Crippen MR) is 79.2 cm³/mol. The Labute approximate surface area is 125 Å². The Morgan fingerprint density at radius 3 is 2.50 bits per heavy atom. The van der Waals surface area contributed by atoms with Crippen molar-refractivity contribution in [2.75, 3.05) is 6.54 Å². The Morgan fingerprint density at radius 1 is 1.23 bits per heavy atom. The highest BCUT2D eigenvalue weighted by atomic mass is 16.6. The molecule has 9 nitrogen and oxygen atoms in total. The van der Waals surface area contributed by atoms with Gasteiger partial charge < -0.3 is 10.1 Å². The number of aromatic nitrogens is 2. The van der Waals surface area contributed by atoms with Gasteiger partial charge in [0, 0.05) is 25.3 Å². The average Bonchev–Trinajstić information content (AvgIpc) is 2.85. The van der Waals surface area contributed by atoms with Gasteiger partial charge in [-0.3, -0.25) is 15.1 Å². The van der Waals surface area contributed by atoms with E-state index in [2.05, 4.69) is 9.98 Å². The molecule has 2 rings (SSSR count). The number of aryl methyl sites for hydroxylation is 1. The summed E-state index contributed by atoms with van der Waals surface area (Å²) < 4.78 is 1.48. The van der Waals surface area contributed by atoms with Crippen LogP contribution in [0.5, 0.6) is 0 Å². The SMILES string of the molecule is Cc1ncc([N+](=O)[O-])n1CCN=Cc1ccc([N+](=O)[O-])cc1. The van der Waals surface area contributed by atoms with Crippen LogP contribution in [0.4, 0.5) is 11.5 Å². The third-order valence-electron chi connectivity index (χ3n) is 3.02. The first kappa shape index (κ1) is 15.3. The van der Waals surface area contributed by atoms with E-state index in [1.807, 2.05) is 0 Å². The Morgan fingerprint density at radius 2 is 1.91 bits per heavy atom. The molecule has 0 fully saturated rings. The van der Waals surface area contributed by atoms with E-state index in [9.17, 15) is 20.2 Å². The highest BCUT2D eigenvalue weighted by Gasteiger charge is 2.16. The minimum Gasteiger partial charge on any atom is -0.358 e. The number of nitro groups is 2. The normalized spacial score (nSPS) is 11.0. The second-order valence-corrected chi connectivity index (χ2v) is 4.46. The molecule has 0 spiro atoms. The molecular formula is C13H13N5O4. The molecule has 0 aliphatic carbocycles. The van der Waals surface area contributed by atoms with Gasteiger partial charge in [-0.15, -0.1) is 0 Å². The van der Waals surface area contributed by atoms with Crippen LogP contribution >= 0.6 is 0 Å². The first-order chi connectivity index (χ1) is 10.5. The first-order valence-electron chi connectivity index (χ1n) is 6.40. The summed E-state index contributed by atoms with van der Waals surface area (Å²) >= 11 is 0.